The third-order valence-electron chi connectivity index (χ3n) is 4.51. The Hall–Kier alpha value is -3.29. The lowest BCUT2D eigenvalue weighted by atomic mass is 10.2. The number of hydrogen-bond acceptors (Lipinski definition) is 5. The second kappa shape index (κ2) is 9.68. The Morgan fingerprint density at radius 3 is 2.77 bits per heavy atom. The molecule has 0 atom stereocenters. The van der Waals surface area contributed by atoms with Gasteiger partial charge in [-0.15, -0.1) is 0 Å². The molecule has 31 heavy (non-hydrogen) atoms. The first kappa shape index (κ1) is 21.0. The average molecular weight is 451 g/mol. The number of thioether (sulfide) groups is 1. The number of hydrazone groups is 1. The van der Waals surface area contributed by atoms with Gasteiger partial charge in [0.1, 0.15) is 5.75 Å². The molecule has 4 aromatic rings. The molecule has 1 aromatic heterocycles. The van der Waals surface area contributed by atoms with E-state index in [-0.39, 0.29) is 17.4 Å². The smallest absolute Gasteiger partial charge is 0.250 e. The van der Waals surface area contributed by atoms with Gasteiger partial charge < -0.3 is 9.67 Å². The zero-order valence-electron chi connectivity index (χ0n) is 16.4. The van der Waals surface area contributed by atoms with Gasteiger partial charge in [0.15, 0.2) is 5.16 Å². The molecule has 1 heterocycles. The van der Waals surface area contributed by atoms with Gasteiger partial charge in [-0.05, 0) is 41.5 Å². The normalized spacial score (nSPS) is 11.3. The monoisotopic (exact) mass is 450 g/mol. The van der Waals surface area contributed by atoms with E-state index >= 15 is 0 Å². The standard InChI is InChI=1S/C23H19ClN4O2S/c24-19-9-2-1-7-17(19)14-28-21-11-4-3-10-20(21)26-23(28)31-15-22(30)27-25-13-16-6-5-8-18(29)12-16/h1-13,29H,14-15H2,(H,27,30)/b25-13-. The third-order valence-corrected chi connectivity index (χ3v) is 5.86. The molecule has 1 amide bonds. The Balaban J connectivity index is 1.46. The number of nitrogens with one attached hydrogen (secondary N) is 1. The zero-order chi connectivity index (χ0) is 21.6. The molecule has 156 valence electrons. The van der Waals surface area contributed by atoms with Gasteiger partial charge in [-0.1, -0.05) is 65.8 Å². The largest absolute Gasteiger partial charge is 0.508 e. The van der Waals surface area contributed by atoms with Crippen molar-refractivity contribution in [1.29, 1.82) is 0 Å². The fourth-order valence-corrected chi connectivity index (χ4v) is 4.06. The van der Waals surface area contributed by atoms with Crippen molar-refractivity contribution in [2.75, 3.05) is 5.75 Å². The van der Waals surface area contributed by atoms with Crippen molar-refractivity contribution in [2.45, 2.75) is 11.7 Å². The lowest BCUT2D eigenvalue weighted by molar-refractivity contribution is -0.118. The molecule has 0 aliphatic heterocycles. The predicted molar refractivity (Wildman–Crippen MR) is 125 cm³/mol. The quantitative estimate of drug-likeness (QED) is 0.243. The predicted octanol–water partition coefficient (Wildman–Crippen LogP) is 4.69. The summed E-state index contributed by atoms with van der Waals surface area (Å²) in [5.41, 5.74) is 6.01. The number of fused-ring (bicyclic) bond motifs is 1. The highest BCUT2D eigenvalue weighted by molar-refractivity contribution is 7.99. The summed E-state index contributed by atoms with van der Waals surface area (Å²) >= 11 is 7.69. The molecule has 0 unspecified atom stereocenters. The number of phenolic OH excluding ortho intramolecular Hbond substituents is 1. The SMILES string of the molecule is O=C(CSc1nc2ccccc2n1Cc1ccccc1Cl)N/N=C\c1cccc(O)c1. The first-order valence-electron chi connectivity index (χ1n) is 9.52. The highest BCUT2D eigenvalue weighted by atomic mass is 35.5. The van der Waals surface area contributed by atoms with E-state index in [1.807, 2.05) is 48.5 Å². The topological polar surface area (TPSA) is 79.5 Å². The lowest BCUT2D eigenvalue weighted by Crippen LogP contribution is -2.20. The summed E-state index contributed by atoms with van der Waals surface area (Å²) in [5, 5.41) is 14.8. The molecule has 0 fully saturated rings. The van der Waals surface area contributed by atoms with Crippen molar-refractivity contribution in [1.82, 2.24) is 15.0 Å². The number of rotatable bonds is 7. The van der Waals surface area contributed by atoms with Crippen LogP contribution in [-0.4, -0.2) is 32.5 Å². The van der Waals surface area contributed by atoms with Crippen LogP contribution >= 0.6 is 23.4 Å². The Bertz CT molecular complexity index is 1260. The van der Waals surface area contributed by atoms with E-state index in [1.165, 1.54) is 18.0 Å². The maximum atomic E-state index is 12.3. The van der Waals surface area contributed by atoms with Crippen LogP contribution in [0, 0.1) is 0 Å². The van der Waals surface area contributed by atoms with Crippen LogP contribution in [0.1, 0.15) is 11.1 Å². The van der Waals surface area contributed by atoms with Crippen molar-refractivity contribution in [3.05, 3.63) is 88.9 Å². The summed E-state index contributed by atoms with van der Waals surface area (Å²) in [7, 11) is 0. The van der Waals surface area contributed by atoms with E-state index in [4.69, 9.17) is 11.6 Å². The Kier molecular flexibility index (Phi) is 6.54. The number of aromatic nitrogens is 2. The molecule has 0 aliphatic rings. The van der Waals surface area contributed by atoms with Gasteiger partial charge in [0.2, 0.25) is 0 Å². The van der Waals surface area contributed by atoms with Crippen LogP contribution in [0.3, 0.4) is 0 Å². The molecule has 0 saturated heterocycles. The summed E-state index contributed by atoms with van der Waals surface area (Å²) in [6.45, 7) is 0.555. The lowest BCUT2D eigenvalue weighted by Gasteiger charge is -2.10. The van der Waals surface area contributed by atoms with Crippen molar-refractivity contribution in [3.8, 4) is 5.75 Å². The minimum Gasteiger partial charge on any atom is -0.508 e. The molecule has 0 aliphatic carbocycles. The Labute approximate surface area is 188 Å². The fourth-order valence-electron chi connectivity index (χ4n) is 3.06. The van der Waals surface area contributed by atoms with Crippen LogP contribution in [0.5, 0.6) is 5.75 Å². The number of halogens is 1. The van der Waals surface area contributed by atoms with Crippen LogP contribution in [0.4, 0.5) is 0 Å². The van der Waals surface area contributed by atoms with Crippen LogP contribution in [0.25, 0.3) is 11.0 Å². The van der Waals surface area contributed by atoms with Gasteiger partial charge in [-0.3, -0.25) is 4.79 Å². The maximum absolute atomic E-state index is 12.3. The van der Waals surface area contributed by atoms with E-state index in [2.05, 4.69) is 20.1 Å². The second-order valence-corrected chi connectivity index (χ2v) is 8.09. The van der Waals surface area contributed by atoms with Crippen molar-refractivity contribution >= 4 is 46.5 Å². The fraction of sp³-hybridized carbons (Fsp3) is 0.0870. The molecule has 6 nitrogen and oxygen atoms in total. The molecule has 3 aromatic carbocycles. The zero-order valence-corrected chi connectivity index (χ0v) is 18.0. The van der Waals surface area contributed by atoms with Gasteiger partial charge in [-0.2, -0.15) is 5.10 Å². The summed E-state index contributed by atoms with van der Waals surface area (Å²) < 4.78 is 2.06. The maximum Gasteiger partial charge on any atom is 0.250 e. The van der Waals surface area contributed by atoms with Crippen LogP contribution in [0.15, 0.2) is 83.1 Å². The number of hydrogen-bond donors (Lipinski definition) is 2. The van der Waals surface area contributed by atoms with E-state index in [1.54, 1.807) is 24.3 Å². The highest BCUT2D eigenvalue weighted by Gasteiger charge is 2.14. The number of nitrogens with zero attached hydrogens (tertiary/aromatic N) is 3. The van der Waals surface area contributed by atoms with Crippen LogP contribution < -0.4 is 5.43 Å². The van der Waals surface area contributed by atoms with Crippen molar-refractivity contribution in [3.63, 3.8) is 0 Å². The van der Waals surface area contributed by atoms with Crippen LogP contribution in [-0.2, 0) is 11.3 Å². The Morgan fingerprint density at radius 1 is 1.13 bits per heavy atom. The highest BCUT2D eigenvalue weighted by Crippen LogP contribution is 2.27. The van der Waals surface area contributed by atoms with Crippen LogP contribution in [0.2, 0.25) is 5.02 Å². The summed E-state index contributed by atoms with van der Waals surface area (Å²) in [4.78, 5) is 16.9. The third kappa shape index (κ3) is 5.25. The number of carbonyl (C=O) groups excluding carboxylic acids is 1. The van der Waals surface area contributed by atoms with E-state index in [0.717, 1.165) is 21.8 Å². The van der Waals surface area contributed by atoms with E-state index < -0.39 is 0 Å². The molecule has 0 spiro atoms. The van der Waals surface area contributed by atoms with Gasteiger partial charge in [0, 0.05) is 5.02 Å². The van der Waals surface area contributed by atoms with E-state index in [9.17, 15) is 9.90 Å². The van der Waals surface area contributed by atoms with Crippen molar-refractivity contribution in [2.24, 2.45) is 5.10 Å². The first-order chi connectivity index (χ1) is 15.1. The minimum absolute atomic E-state index is 0.142. The summed E-state index contributed by atoms with van der Waals surface area (Å²) in [5.74, 6) is 0.0458. The molecule has 0 bridgehead atoms. The van der Waals surface area contributed by atoms with E-state index in [0.29, 0.717) is 17.1 Å². The van der Waals surface area contributed by atoms with Gasteiger partial charge in [0.25, 0.3) is 5.91 Å². The number of benzene rings is 3. The number of para-hydroxylation sites is 2. The molecule has 8 heteroatoms. The first-order valence-corrected chi connectivity index (χ1v) is 10.9. The summed E-state index contributed by atoms with van der Waals surface area (Å²) in [6.07, 6.45) is 1.48. The molecule has 4 rings (SSSR count). The number of aromatic hydroxyl groups is 1. The number of amides is 1. The molecular weight excluding hydrogens is 432 g/mol. The molecule has 0 saturated carbocycles. The molecule has 0 radical (unpaired) electrons. The van der Waals surface area contributed by atoms with Crippen molar-refractivity contribution < 1.29 is 9.90 Å². The average Bonchev–Trinajstić information content (AvgIpc) is 3.11. The number of carbonyl (C=O) groups is 1. The molecule has 2 N–H and O–H groups in total. The summed E-state index contributed by atoms with van der Waals surface area (Å²) in [6, 6.07) is 22.2. The minimum atomic E-state index is -0.252. The second-order valence-electron chi connectivity index (χ2n) is 6.74. The molecular formula is C23H19ClN4O2S. The van der Waals surface area contributed by atoms with Gasteiger partial charge >= 0.3 is 0 Å². The number of phenols is 1. The Morgan fingerprint density at radius 2 is 1.94 bits per heavy atom. The van der Waals surface area contributed by atoms with Gasteiger partial charge in [-0.25, -0.2) is 10.4 Å². The van der Waals surface area contributed by atoms with Gasteiger partial charge in [0.05, 0.1) is 29.5 Å². The number of imidazole rings is 1.